The number of fused-ring (bicyclic) bond motifs is 1. The van der Waals surface area contributed by atoms with Crippen molar-refractivity contribution in [2.24, 2.45) is 5.41 Å². The number of ether oxygens (including phenoxy) is 1. The van der Waals surface area contributed by atoms with Gasteiger partial charge in [-0.05, 0) is 17.7 Å². The van der Waals surface area contributed by atoms with Crippen LogP contribution in [0.2, 0.25) is 5.02 Å². The van der Waals surface area contributed by atoms with E-state index in [0.29, 0.717) is 16.3 Å². The van der Waals surface area contributed by atoms with Gasteiger partial charge in [-0.25, -0.2) is 0 Å². The molecule has 0 amide bonds. The summed E-state index contributed by atoms with van der Waals surface area (Å²) >= 11 is 7.26. The van der Waals surface area contributed by atoms with Gasteiger partial charge in [0.15, 0.2) is 0 Å². The molecule has 2 atom stereocenters. The smallest absolute Gasteiger partial charge is 0.126 e. The zero-order valence-electron chi connectivity index (χ0n) is 10.5. The fraction of sp³-hybridized carbons (Fsp3) is 0.267. The van der Waals surface area contributed by atoms with Crippen molar-refractivity contribution in [3.05, 3.63) is 51.2 Å². The van der Waals surface area contributed by atoms with Crippen LogP contribution >= 0.6 is 22.9 Å². The molecule has 1 aromatic carbocycles. The Morgan fingerprint density at radius 2 is 2.25 bits per heavy atom. The summed E-state index contributed by atoms with van der Waals surface area (Å²) in [6, 6.07) is 11.6. The van der Waals surface area contributed by atoms with E-state index in [2.05, 4.69) is 6.07 Å². The van der Waals surface area contributed by atoms with E-state index >= 15 is 0 Å². The van der Waals surface area contributed by atoms with Gasteiger partial charge in [0.2, 0.25) is 0 Å². The Bertz CT molecular complexity index is 679. The Labute approximate surface area is 126 Å². The van der Waals surface area contributed by atoms with Crippen LogP contribution in [0, 0.1) is 16.7 Å². The zero-order valence-corrected chi connectivity index (χ0v) is 12.1. The van der Waals surface area contributed by atoms with E-state index in [1.165, 1.54) is 11.3 Å². The second kappa shape index (κ2) is 5.10. The highest BCUT2D eigenvalue weighted by atomic mass is 35.5. The van der Waals surface area contributed by atoms with Crippen LogP contribution in [0.1, 0.15) is 16.5 Å². The average Bonchev–Trinajstić information content (AvgIpc) is 2.92. The van der Waals surface area contributed by atoms with Crippen molar-refractivity contribution < 1.29 is 9.84 Å². The van der Waals surface area contributed by atoms with Crippen LogP contribution in [-0.4, -0.2) is 11.7 Å². The second-order valence-corrected chi connectivity index (χ2v) is 6.29. The van der Waals surface area contributed by atoms with Crippen molar-refractivity contribution in [3.63, 3.8) is 0 Å². The molecule has 0 saturated heterocycles. The van der Waals surface area contributed by atoms with E-state index in [0.717, 1.165) is 11.3 Å². The summed E-state index contributed by atoms with van der Waals surface area (Å²) in [5.41, 5.74) is -0.0234. The Morgan fingerprint density at radius 3 is 2.95 bits per heavy atom. The molecule has 0 aliphatic carbocycles. The first-order chi connectivity index (χ1) is 9.64. The number of aliphatic hydroxyl groups is 1. The highest BCUT2D eigenvalue weighted by molar-refractivity contribution is 7.10. The maximum Gasteiger partial charge on any atom is 0.126 e. The normalized spacial score (nSPS) is 22.4. The van der Waals surface area contributed by atoms with Crippen LogP contribution in [0.5, 0.6) is 5.75 Å². The highest BCUT2D eigenvalue weighted by Crippen LogP contribution is 2.44. The minimum Gasteiger partial charge on any atom is -0.492 e. The summed E-state index contributed by atoms with van der Waals surface area (Å²) in [7, 11) is 0. The topological polar surface area (TPSA) is 53.2 Å². The molecule has 2 aromatic rings. The van der Waals surface area contributed by atoms with Crippen LogP contribution in [0.25, 0.3) is 0 Å². The minimum absolute atomic E-state index is 0.178. The third kappa shape index (κ3) is 2.18. The lowest BCUT2D eigenvalue weighted by molar-refractivity contribution is 0.0195. The number of nitriles is 1. The largest absolute Gasteiger partial charge is 0.492 e. The zero-order chi connectivity index (χ0) is 14.2. The molecule has 0 spiro atoms. The van der Waals surface area contributed by atoms with Gasteiger partial charge in [0.1, 0.15) is 23.9 Å². The molecule has 5 heteroatoms. The first-order valence-corrected chi connectivity index (χ1v) is 7.44. The van der Waals surface area contributed by atoms with Crippen molar-refractivity contribution in [2.45, 2.75) is 12.5 Å². The Balaban J connectivity index is 1.96. The van der Waals surface area contributed by atoms with E-state index in [1.807, 2.05) is 24.3 Å². The number of halogens is 1. The lowest BCUT2D eigenvalue weighted by Crippen LogP contribution is -2.38. The molecular formula is C15H12ClNO2S. The summed E-state index contributed by atoms with van der Waals surface area (Å²) in [4.78, 5) is 0.694. The summed E-state index contributed by atoms with van der Waals surface area (Å²) in [5.74, 6) is 0.787. The summed E-state index contributed by atoms with van der Waals surface area (Å²) in [6.45, 7) is 0.178. The third-order valence-corrected chi connectivity index (χ3v) is 4.90. The number of para-hydroxylation sites is 1. The number of rotatable bonds is 2. The maximum atomic E-state index is 10.6. The van der Waals surface area contributed by atoms with Gasteiger partial charge in [-0.3, -0.25) is 0 Å². The summed E-state index contributed by atoms with van der Waals surface area (Å²) < 4.78 is 5.67. The molecule has 102 valence electrons. The predicted octanol–water partition coefficient (Wildman–Crippen LogP) is 3.58. The lowest BCUT2D eigenvalue weighted by Gasteiger charge is -2.35. The molecule has 1 aliphatic rings. The van der Waals surface area contributed by atoms with Crippen LogP contribution in [-0.2, 0) is 6.42 Å². The molecule has 1 N–H and O–H groups in total. The van der Waals surface area contributed by atoms with Gasteiger partial charge in [0, 0.05) is 16.7 Å². The first-order valence-electron chi connectivity index (χ1n) is 6.18. The predicted molar refractivity (Wildman–Crippen MR) is 78.0 cm³/mol. The van der Waals surface area contributed by atoms with Crippen molar-refractivity contribution >= 4 is 22.9 Å². The SMILES string of the molecule is N#CC1(C(O)c2cc(Cl)cs2)COc2ccccc2C1. The van der Waals surface area contributed by atoms with Gasteiger partial charge in [0.25, 0.3) is 0 Å². The van der Waals surface area contributed by atoms with Crippen molar-refractivity contribution in [1.82, 2.24) is 0 Å². The quantitative estimate of drug-likeness (QED) is 0.922. The molecule has 0 bridgehead atoms. The molecule has 1 aliphatic heterocycles. The van der Waals surface area contributed by atoms with Gasteiger partial charge in [-0.1, -0.05) is 29.8 Å². The molecule has 2 heterocycles. The summed E-state index contributed by atoms with van der Waals surface area (Å²) in [6.07, 6.45) is -0.436. The number of aliphatic hydroxyl groups excluding tert-OH is 1. The van der Waals surface area contributed by atoms with Crippen LogP contribution in [0.15, 0.2) is 35.7 Å². The van der Waals surface area contributed by atoms with Gasteiger partial charge < -0.3 is 9.84 Å². The number of nitrogens with zero attached hydrogens (tertiary/aromatic N) is 1. The number of hydrogen-bond acceptors (Lipinski definition) is 4. The second-order valence-electron chi connectivity index (χ2n) is 4.91. The van der Waals surface area contributed by atoms with Crippen molar-refractivity contribution in [3.8, 4) is 11.8 Å². The highest BCUT2D eigenvalue weighted by Gasteiger charge is 2.44. The molecule has 20 heavy (non-hydrogen) atoms. The van der Waals surface area contributed by atoms with Crippen molar-refractivity contribution in [2.75, 3.05) is 6.61 Å². The molecule has 0 saturated carbocycles. The van der Waals surface area contributed by atoms with Gasteiger partial charge in [-0.2, -0.15) is 5.26 Å². The van der Waals surface area contributed by atoms with Gasteiger partial charge in [0.05, 0.1) is 11.1 Å². The molecule has 3 nitrogen and oxygen atoms in total. The molecule has 0 fully saturated rings. The van der Waals surface area contributed by atoms with E-state index in [-0.39, 0.29) is 6.61 Å². The first kappa shape index (κ1) is 13.4. The van der Waals surface area contributed by atoms with Crippen LogP contribution in [0.4, 0.5) is 0 Å². The molecule has 3 rings (SSSR count). The van der Waals surface area contributed by atoms with Gasteiger partial charge >= 0.3 is 0 Å². The maximum absolute atomic E-state index is 10.6. The van der Waals surface area contributed by atoms with Crippen molar-refractivity contribution in [1.29, 1.82) is 5.26 Å². The monoisotopic (exact) mass is 305 g/mol. The van der Waals surface area contributed by atoms with E-state index in [9.17, 15) is 10.4 Å². The minimum atomic E-state index is -0.970. The standard InChI is InChI=1S/C15H12ClNO2S/c16-11-5-13(20-7-11)14(18)15(8-17)6-10-3-1-2-4-12(10)19-9-15/h1-5,7,14,18H,6,9H2. The lowest BCUT2D eigenvalue weighted by atomic mass is 9.76. The van der Waals surface area contributed by atoms with E-state index in [4.69, 9.17) is 16.3 Å². The Kier molecular flexibility index (Phi) is 3.43. The summed E-state index contributed by atoms with van der Waals surface area (Å²) in [5, 5.41) is 22.5. The fourth-order valence-corrected chi connectivity index (χ4v) is 3.62. The van der Waals surface area contributed by atoms with E-state index < -0.39 is 11.5 Å². The van der Waals surface area contributed by atoms with Crippen LogP contribution in [0.3, 0.4) is 0 Å². The molecule has 0 radical (unpaired) electrons. The molecule has 1 aromatic heterocycles. The third-order valence-electron chi connectivity index (χ3n) is 3.57. The fourth-order valence-electron chi connectivity index (χ4n) is 2.44. The Morgan fingerprint density at radius 1 is 1.45 bits per heavy atom. The van der Waals surface area contributed by atoms with E-state index in [1.54, 1.807) is 11.4 Å². The number of thiophene rings is 1. The average molecular weight is 306 g/mol. The number of hydrogen-bond donors (Lipinski definition) is 1. The molecular weight excluding hydrogens is 294 g/mol. The number of benzene rings is 1. The Hall–Kier alpha value is -1.54. The van der Waals surface area contributed by atoms with Crippen LogP contribution < -0.4 is 4.74 Å². The molecule has 2 unspecified atom stereocenters. The van der Waals surface area contributed by atoms with Gasteiger partial charge in [-0.15, -0.1) is 11.3 Å².